The van der Waals surface area contributed by atoms with Crippen LogP contribution in [0.25, 0.3) is 0 Å². The Bertz CT molecular complexity index is 676. The fourth-order valence-electron chi connectivity index (χ4n) is 2.50. The van der Waals surface area contributed by atoms with Crippen molar-refractivity contribution < 1.29 is 9.59 Å². The molecule has 0 aromatic heterocycles. The van der Waals surface area contributed by atoms with E-state index in [-0.39, 0.29) is 18.2 Å². The average molecular weight is 310 g/mol. The molecule has 2 amide bonds. The van der Waals surface area contributed by atoms with Crippen molar-refractivity contribution in [1.82, 2.24) is 0 Å². The Morgan fingerprint density at radius 1 is 0.957 bits per heavy atom. The molecule has 0 aliphatic carbocycles. The molecule has 2 rings (SSSR count). The molecule has 0 bridgehead atoms. The molecular weight excluding hydrogens is 288 g/mol. The third kappa shape index (κ3) is 4.42. The predicted molar refractivity (Wildman–Crippen MR) is 93.6 cm³/mol. The summed E-state index contributed by atoms with van der Waals surface area (Å²) in [7, 11) is 0. The van der Waals surface area contributed by atoms with Gasteiger partial charge in [0.05, 0.1) is 0 Å². The standard InChI is InChI=1S/C19H22N2O2/c1-14-8-7-9-15(2)19(14)20-18(23)12-13-21(16(3)22)17-10-5-4-6-11-17/h4-11H,12-13H2,1-3H3,(H,20,23). The molecule has 0 aliphatic heterocycles. The van der Waals surface area contributed by atoms with Gasteiger partial charge in [0.2, 0.25) is 11.8 Å². The quantitative estimate of drug-likeness (QED) is 0.915. The van der Waals surface area contributed by atoms with Gasteiger partial charge in [0.15, 0.2) is 0 Å². The van der Waals surface area contributed by atoms with Gasteiger partial charge in [0.25, 0.3) is 0 Å². The van der Waals surface area contributed by atoms with Gasteiger partial charge < -0.3 is 10.2 Å². The molecule has 0 radical (unpaired) electrons. The Morgan fingerprint density at radius 2 is 1.57 bits per heavy atom. The summed E-state index contributed by atoms with van der Waals surface area (Å²) < 4.78 is 0. The fourth-order valence-corrected chi connectivity index (χ4v) is 2.50. The molecule has 2 aromatic rings. The Hall–Kier alpha value is -2.62. The van der Waals surface area contributed by atoms with Crippen molar-refractivity contribution in [2.75, 3.05) is 16.8 Å². The van der Waals surface area contributed by atoms with E-state index >= 15 is 0 Å². The van der Waals surface area contributed by atoms with Crippen LogP contribution in [0.4, 0.5) is 11.4 Å². The lowest BCUT2D eigenvalue weighted by atomic mass is 10.1. The molecule has 0 aliphatic rings. The van der Waals surface area contributed by atoms with Crippen molar-refractivity contribution in [3.05, 3.63) is 59.7 Å². The van der Waals surface area contributed by atoms with Gasteiger partial charge in [-0.1, -0.05) is 36.4 Å². The highest BCUT2D eigenvalue weighted by Gasteiger charge is 2.14. The maximum Gasteiger partial charge on any atom is 0.226 e. The third-order valence-electron chi connectivity index (χ3n) is 3.76. The summed E-state index contributed by atoms with van der Waals surface area (Å²) in [5.74, 6) is -0.166. The van der Waals surface area contributed by atoms with Gasteiger partial charge >= 0.3 is 0 Å². The first kappa shape index (κ1) is 16.7. The molecule has 0 atom stereocenters. The van der Waals surface area contributed by atoms with E-state index < -0.39 is 0 Å². The van der Waals surface area contributed by atoms with Crippen molar-refractivity contribution in [3.8, 4) is 0 Å². The second-order valence-electron chi connectivity index (χ2n) is 5.57. The van der Waals surface area contributed by atoms with E-state index in [4.69, 9.17) is 0 Å². The molecule has 0 saturated heterocycles. The van der Waals surface area contributed by atoms with Gasteiger partial charge in [-0.3, -0.25) is 9.59 Å². The van der Waals surface area contributed by atoms with E-state index in [1.165, 1.54) is 6.92 Å². The lowest BCUT2D eigenvalue weighted by molar-refractivity contribution is -0.117. The Labute approximate surface area is 137 Å². The predicted octanol–water partition coefficient (Wildman–Crippen LogP) is 3.69. The van der Waals surface area contributed by atoms with Crippen LogP contribution in [0.5, 0.6) is 0 Å². The van der Waals surface area contributed by atoms with Crippen molar-refractivity contribution >= 4 is 23.2 Å². The maximum atomic E-state index is 12.2. The van der Waals surface area contributed by atoms with Gasteiger partial charge in [-0.2, -0.15) is 0 Å². The molecule has 0 unspecified atom stereocenters. The minimum Gasteiger partial charge on any atom is -0.326 e. The minimum atomic E-state index is -0.0930. The minimum absolute atomic E-state index is 0.0731. The van der Waals surface area contributed by atoms with Crippen LogP contribution in [0.15, 0.2) is 48.5 Å². The number of nitrogens with zero attached hydrogens (tertiary/aromatic N) is 1. The van der Waals surface area contributed by atoms with Gasteiger partial charge in [0, 0.05) is 31.3 Å². The first-order valence-corrected chi connectivity index (χ1v) is 7.68. The Kier molecular flexibility index (Phi) is 5.52. The molecule has 4 nitrogen and oxygen atoms in total. The van der Waals surface area contributed by atoms with Crippen LogP contribution in [0.2, 0.25) is 0 Å². The number of amides is 2. The zero-order valence-corrected chi connectivity index (χ0v) is 13.8. The van der Waals surface area contributed by atoms with Crippen molar-refractivity contribution in [1.29, 1.82) is 0 Å². The van der Waals surface area contributed by atoms with E-state index in [0.717, 1.165) is 22.5 Å². The van der Waals surface area contributed by atoms with Crippen molar-refractivity contribution in [2.24, 2.45) is 0 Å². The zero-order chi connectivity index (χ0) is 16.8. The number of benzene rings is 2. The molecule has 4 heteroatoms. The zero-order valence-electron chi connectivity index (χ0n) is 13.8. The highest BCUT2D eigenvalue weighted by atomic mass is 16.2. The summed E-state index contributed by atoms with van der Waals surface area (Å²) in [6.07, 6.45) is 0.252. The highest BCUT2D eigenvalue weighted by molar-refractivity contribution is 5.95. The number of para-hydroxylation sites is 2. The Morgan fingerprint density at radius 3 is 2.13 bits per heavy atom. The van der Waals surface area contributed by atoms with Gasteiger partial charge in [-0.25, -0.2) is 0 Å². The van der Waals surface area contributed by atoms with Gasteiger partial charge in [-0.05, 0) is 37.1 Å². The van der Waals surface area contributed by atoms with E-state index in [1.807, 2.05) is 62.4 Å². The summed E-state index contributed by atoms with van der Waals surface area (Å²) in [5.41, 5.74) is 3.72. The van der Waals surface area contributed by atoms with Crippen LogP contribution < -0.4 is 10.2 Å². The number of aryl methyl sites for hydroxylation is 2. The third-order valence-corrected chi connectivity index (χ3v) is 3.76. The highest BCUT2D eigenvalue weighted by Crippen LogP contribution is 2.20. The van der Waals surface area contributed by atoms with Crippen LogP contribution in [0.1, 0.15) is 24.5 Å². The topological polar surface area (TPSA) is 49.4 Å². The molecule has 120 valence electrons. The summed E-state index contributed by atoms with van der Waals surface area (Å²) in [6, 6.07) is 15.3. The summed E-state index contributed by atoms with van der Waals surface area (Å²) >= 11 is 0. The lowest BCUT2D eigenvalue weighted by Gasteiger charge is -2.21. The second-order valence-corrected chi connectivity index (χ2v) is 5.57. The number of hydrogen-bond acceptors (Lipinski definition) is 2. The van der Waals surface area contributed by atoms with E-state index in [9.17, 15) is 9.59 Å². The molecule has 1 N–H and O–H groups in total. The van der Waals surface area contributed by atoms with E-state index in [0.29, 0.717) is 6.54 Å². The maximum absolute atomic E-state index is 12.2. The second kappa shape index (κ2) is 7.58. The largest absolute Gasteiger partial charge is 0.326 e. The van der Waals surface area contributed by atoms with Crippen LogP contribution in [-0.4, -0.2) is 18.4 Å². The number of rotatable bonds is 5. The van der Waals surface area contributed by atoms with Crippen LogP contribution in [0.3, 0.4) is 0 Å². The average Bonchev–Trinajstić information content (AvgIpc) is 2.52. The van der Waals surface area contributed by atoms with Gasteiger partial charge in [-0.15, -0.1) is 0 Å². The first-order valence-electron chi connectivity index (χ1n) is 7.68. The number of hydrogen-bond donors (Lipinski definition) is 1. The summed E-state index contributed by atoms with van der Waals surface area (Å²) in [4.78, 5) is 25.7. The number of carbonyl (C=O) groups is 2. The molecule has 0 saturated carbocycles. The van der Waals surface area contributed by atoms with Crippen LogP contribution in [-0.2, 0) is 9.59 Å². The molecular formula is C19H22N2O2. The normalized spacial score (nSPS) is 10.2. The molecule has 0 spiro atoms. The monoisotopic (exact) mass is 310 g/mol. The summed E-state index contributed by atoms with van der Waals surface area (Å²) in [5, 5.41) is 2.95. The van der Waals surface area contributed by atoms with Crippen LogP contribution >= 0.6 is 0 Å². The lowest BCUT2D eigenvalue weighted by Crippen LogP contribution is -2.32. The molecule has 2 aromatic carbocycles. The van der Waals surface area contributed by atoms with Crippen molar-refractivity contribution in [3.63, 3.8) is 0 Å². The molecule has 0 heterocycles. The molecule has 0 fully saturated rings. The van der Waals surface area contributed by atoms with E-state index in [1.54, 1.807) is 4.90 Å². The Balaban J connectivity index is 2.01. The van der Waals surface area contributed by atoms with Crippen LogP contribution in [0, 0.1) is 13.8 Å². The number of anilines is 2. The first-order chi connectivity index (χ1) is 11.0. The fraction of sp³-hybridized carbons (Fsp3) is 0.263. The summed E-state index contributed by atoms with van der Waals surface area (Å²) in [6.45, 7) is 5.80. The van der Waals surface area contributed by atoms with Gasteiger partial charge in [0.1, 0.15) is 0 Å². The SMILES string of the molecule is CC(=O)N(CCC(=O)Nc1c(C)cccc1C)c1ccccc1. The smallest absolute Gasteiger partial charge is 0.226 e. The molecule has 23 heavy (non-hydrogen) atoms. The number of nitrogens with one attached hydrogen (secondary N) is 1. The van der Waals surface area contributed by atoms with E-state index in [2.05, 4.69) is 5.32 Å². The van der Waals surface area contributed by atoms with Crippen molar-refractivity contribution in [2.45, 2.75) is 27.2 Å². The number of carbonyl (C=O) groups excluding carboxylic acids is 2.